The molecule has 3 heterocycles. The van der Waals surface area contributed by atoms with E-state index >= 15 is 0 Å². The number of aromatic hydroxyl groups is 1. The summed E-state index contributed by atoms with van der Waals surface area (Å²) in [4.78, 5) is 14.7. The molecule has 1 aromatic carbocycles. The number of fused-ring (bicyclic) bond motifs is 1. The Hall–Kier alpha value is -3.37. The number of methoxy groups -OCH3 is 2. The van der Waals surface area contributed by atoms with Crippen LogP contribution in [0.4, 0.5) is 0 Å². The van der Waals surface area contributed by atoms with Crippen molar-refractivity contribution in [2.24, 2.45) is 0 Å². The van der Waals surface area contributed by atoms with Gasteiger partial charge >= 0.3 is 0 Å². The summed E-state index contributed by atoms with van der Waals surface area (Å²) < 4.78 is 17.9. The molecule has 2 aromatic heterocycles. The van der Waals surface area contributed by atoms with Crippen molar-refractivity contribution >= 4 is 5.91 Å². The van der Waals surface area contributed by atoms with E-state index in [-0.39, 0.29) is 24.0 Å². The predicted molar refractivity (Wildman–Crippen MR) is 114 cm³/mol. The number of benzene rings is 1. The summed E-state index contributed by atoms with van der Waals surface area (Å²) in [6, 6.07) is 8.53. The molecule has 32 heavy (non-hydrogen) atoms. The summed E-state index contributed by atoms with van der Waals surface area (Å²) >= 11 is 0. The fourth-order valence-corrected chi connectivity index (χ4v) is 3.79. The first-order valence-electron chi connectivity index (χ1n) is 10.4. The summed E-state index contributed by atoms with van der Waals surface area (Å²) in [5, 5.41) is 21.1. The number of nitrogens with one attached hydrogen (secondary N) is 1. The topological polar surface area (TPSA) is 115 Å². The van der Waals surface area contributed by atoms with Crippen molar-refractivity contribution in [3.63, 3.8) is 0 Å². The number of nitrogens with zero attached hydrogens (tertiary/aromatic N) is 4. The predicted octanol–water partition coefficient (Wildman–Crippen LogP) is 1.72. The highest BCUT2D eigenvalue weighted by atomic mass is 16.5. The van der Waals surface area contributed by atoms with E-state index in [1.165, 1.54) is 0 Å². The van der Waals surface area contributed by atoms with Crippen LogP contribution in [0.25, 0.3) is 0 Å². The third-order valence-corrected chi connectivity index (χ3v) is 5.44. The Kier molecular flexibility index (Phi) is 6.72. The lowest BCUT2D eigenvalue weighted by atomic mass is 10.1. The number of hydrogen-bond acceptors (Lipinski definition) is 8. The normalized spacial score (nSPS) is 14.1. The van der Waals surface area contributed by atoms with Gasteiger partial charge < -0.3 is 28.9 Å². The molecule has 0 saturated carbocycles. The van der Waals surface area contributed by atoms with Crippen LogP contribution < -0.4 is 10.1 Å². The summed E-state index contributed by atoms with van der Waals surface area (Å²) in [6.07, 6.45) is 0.750. The third-order valence-electron chi connectivity index (χ3n) is 5.44. The van der Waals surface area contributed by atoms with Gasteiger partial charge in [0.15, 0.2) is 11.6 Å². The van der Waals surface area contributed by atoms with Crippen LogP contribution >= 0.6 is 0 Å². The Morgan fingerprint density at radius 3 is 2.88 bits per heavy atom. The Labute approximate surface area is 185 Å². The Morgan fingerprint density at radius 1 is 1.19 bits per heavy atom. The van der Waals surface area contributed by atoms with Gasteiger partial charge in [0.1, 0.15) is 29.7 Å². The molecule has 10 heteroatoms. The third kappa shape index (κ3) is 4.92. The van der Waals surface area contributed by atoms with Crippen LogP contribution in [-0.2, 0) is 37.4 Å². The molecule has 3 aromatic rings. The number of carbonyl (C=O) groups excluding carboxylic acids is 1. The quantitative estimate of drug-likeness (QED) is 0.543. The zero-order chi connectivity index (χ0) is 22.5. The number of carbonyl (C=O) groups is 1. The van der Waals surface area contributed by atoms with E-state index in [9.17, 15) is 9.90 Å². The minimum absolute atomic E-state index is 0.184. The van der Waals surface area contributed by atoms with Gasteiger partial charge in [0.2, 0.25) is 0 Å². The second kappa shape index (κ2) is 9.84. The van der Waals surface area contributed by atoms with E-state index in [0.29, 0.717) is 37.0 Å². The summed E-state index contributed by atoms with van der Waals surface area (Å²) in [6.45, 7) is 3.62. The van der Waals surface area contributed by atoms with E-state index in [1.54, 1.807) is 38.5 Å². The number of rotatable bonds is 8. The van der Waals surface area contributed by atoms with E-state index < -0.39 is 0 Å². The maximum Gasteiger partial charge on any atom is 0.287 e. The Bertz CT molecular complexity index is 1080. The van der Waals surface area contributed by atoms with Crippen molar-refractivity contribution in [3.8, 4) is 11.5 Å². The van der Waals surface area contributed by atoms with Gasteiger partial charge in [-0.2, -0.15) is 0 Å². The molecule has 0 unspecified atom stereocenters. The largest absolute Gasteiger partial charge is 0.508 e. The molecule has 0 saturated heterocycles. The number of phenols is 1. The number of hydrogen-bond donors (Lipinski definition) is 2. The smallest absolute Gasteiger partial charge is 0.287 e. The Morgan fingerprint density at radius 2 is 2.06 bits per heavy atom. The van der Waals surface area contributed by atoms with Crippen molar-refractivity contribution in [2.75, 3.05) is 27.3 Å². The lowest BCUT2D eigenvalue weighted by molar-refractivity contribution is 0.0913. The zero-order valence-corrected chi connectivity index (χ0v) is 18.2. The van der Waals surface area contributed by atoms with Gasteiger partial charge in [-0.3, -0.25) is 9.69 Å². The minimum Gasteiger partial charge on any atom is -0.508 e. The van der Waals surface area contributed by atoms with Crippen LogP contribution in [-0.4, -0.2) is 58.0 Å². The van der Waals surface area contributed by atoms with Crippen molar-refractivity contribution in [2.45, 2.75) is 32.7 Å². The van der Waals surface area contributed by atoms with Gasteiger partial charge in [-0.15, -0.1) is 10.2 Å². The molecule has 0 aliphatic carbocycles. The first-order valence-corrected chi connectivity index (χ1v) is 10.4. The standard InChI is InChI=1S/C22H27N5O5/c1-30-14-17-5-6-18(32-17)22(29)23-12-21-25-24-20-7-8-26(9-10-27(20)21)13-15-3-4-16(28)11-19(15)31-2/h3-6,11,28H,7-10,12-14H2,1-2H3,(H,23,29). The van der Waals surface area contributed by atoms with Crippen molar-refractivity contribution in [1.29, 1.82) is 0 Å². The lowest BCUT2D eigenvalue weighted by Crippen LogP contribution is -2.28. The molecular weight excluding hydrogens is 414 g/mol. The number of furan rings is 1. The van der Waals surface area contributed by atoms with Gasteiger partial charge in [0.05, 0.1) is 13.7 Å². The molecule has 1 aliphatic rings. The Balaban J connectivity index is 1.36. The van der Waals surface area contributed by atoms with Gasteiger partial charge in [-0.25, -0.2) is 0 Å². The monoisotopic (exact) mass is 441 g/mol. The lowest BCUT2D eigenvalue weighted by Gasteiger charge is -2.21. The van der Waals surface area contributed by atoms with Gasteiger partial charge in [-0.05, 0) is 18.2 Å². The molecule has 4 rings (SSSR count). The SMILES string of the molecule is COCc1ccc(C(=O)NCc2nnc3n2CCN(Cc2ccc(O)cc2OC)CC3)o1. The average Bonchev–Trinajstić information content (AvgIpc) is 3.37. The van der Waals surface area contributed by atoms with Gasteiger partial charge in [-0.1, -0.05) is 6.07 Å². The van der Waals surface area contributed by atoms with Crippen LogP contribution in [0.2, 0.25) is 0 Å². The summed E-state index contributed by atoms with van der Waals surface area (Å²) in [7, 11) is 3.17. The van der Waals surface area contributed by atoms with E-state index in [4.69, 9.17) is 13.9 Å². The maximum absolute atomic E-state index is 12.4. The fraction of sp³-hybridized carbons (Fsp3) is 0.409. The van der Waals surface area contributed by atoms with Crippen molar-refractivity contribution < 1.29 is 23.8 Å². The van der Waals surface area contributed by atoms with Crippen LogP contribution in [0.5, 0.6) is 11.5 Å². The van der Waals surface area contributed by atoms with Crippen LogP contribution in [0, 0.1) is 0 Å². The molecule has 0 fully saturated rings. The van der Waals surface area contributed by atoms with E-state index in [1.807, 2.05) is 6.07 Å². The van der Waals surface area contributed by atoms with Crippen molar-refractivity contribution in [3.05, 3.63) is 59.1 Å². The van der Waals surface area contributed by atoms with Gasteiger partial charge in [0, 0.05) is 51.3 Å². The number of ether oxygens (including phenoxy) is 2. The average molecular weight is 441 g/mol. The number of amides is 1. The first-order chi connectivity index (χ1) is 15.6. The second-order valence-corrected chi connectivity index (χ2v) is 7.59. The molecule has 2 N–H and O–H groups in total. The number of aromatic nitrogens is 3. The van der Waals surface area contributed by atoms with Gasteiger partial charge in [0.25, 0.3) is 5.91 Å². The van der Waals surface area contributed by atoms with Crippen LogP contribution in [0.15, 0.2) is 34.7 Å². The van der Waals surface area contributed by atoms with E-state index in [0.717, 1.165) is 30.9 Å². The molecule has 1 aliphatic heterocycles. The molecule has 0 radical (unpaired) electrons. The fourth-order valence-electron chi connectivity index (χ4n) is 3.79. The molecular formula is C22H27N5O5. The molecule has 1 amide bonds. The summed E-state index contributed by atoms with van der Waals surface area (Å²) in [5.74, 6) is 2.99. The van der Waals surface area contributed by atoms with Crippen molar-refractivity contribution in [1.82, 2.24) is 25.0 Å². The molecule has 0 atom stereocenters. The minimum atomic E-state index is -0.306. The second-order valence-electron chi connectivity index (χ2n) is 7.59. The zero-order valence-electron chi connectivity index (χ0n) is 18.2. The summed E-state index contributed by atoms with van der Waals surface area (Å²) in [5.41, 5.74) is 1.02. The highest BCUT2D eigenvalue weighted by Crippen LogP contribution is 2.25. The molecule has 10 nitrogen and oxygen atoms in total. The maximum atomic E-state index is 12.4. The van der Waals surface area contributed by atoms with E-state index in [2.05, 4.69) is 25.0 Å². The highest BCUT2D eigenvalue weighted by molar-refractivity contribution is 5.91. The van der Waals surface area contributed by atoms with Crippen LogP contribution in [0.3, 0.4) is 0 Å². The van der Waals surface area contributed by atoms with Crippen LogP contribution in [0.1, 0.15) is 33.5 Å². The molecule has 0 bridgehead atoms. The molecule has 0 spiro atoms. The number of phenolic OH excluding ortho intramolecular Hbond substituents is 1. The molecule has 170 valence electrons. The highest BCUT2D eigenvalue weighted by Gasteiger charge is 2.20. The first kappa shape index (κ1) is 21.8.